The van der Waals surface area contributed by atoms with E-state index in [0.717, 1.165) is 5.69 Å². The Hall–Kier alpha value is -2.13. The molecule has 28 heavy (non-hydrogen) atoms. The molecular formula is C17H20Cl2F3N5O. The van der Waals surface area contributed by atoms with Crippen molar-refractivity contribution in [3.8, 4) is 5.88 Å². The van der Waals surface area contributed by atoms with Crippen molar-refractivity contribution in [1.82, 2.24) is 20.2 Å². The van der Waals surface area contributed by atoms with E-state index in [2.05, 4.69) is 25.3 Å². The average Bonchev–Trinajstić information content (AvgIpc) is 2.89. The van der Waals surface area contributed by atoms with E-state index < -0.39 is 12.8 Å². The second-order valence-electron chi connectivity index (χ2n) is 5.79. The van der Waals surface area contributed by atoms with Gasteiger partial charge in [0.15, 0.2) is 12.6 Å². The summed E-state index contributed by atoms with van der Waals surface area (Å²) in [6.45, 7) is 1.83. The summed E-state index contributed by atoms with van der Waals surface area (Å²) in [7, 11) is 1.80. The lowest BCUT2D eigenvalue weighted by atomic mass is 10.3. The van der Waals surface area contributed by atoms with E-state index in [1.807, 2.05) is 6.92 Å². The van der Waals surface area contributed by atoms with E-state index in [0.29, 0.717) is 34.8 Å². The van der Waals surface area contributed by atoms with E-state index >= 15 is 0 Å². The van der Waals surface area contributed by atoms with Crippen molar-refractivity contribution in [2.24, 2.45) is 12.0 Å². The second kappa shape index (κ2) is 9.88. The molecular weight excluding hydrogens is 418 g/mol. The number of guanidine groups is 1. The molecule has 2 rings (SSSR count). The molecule has 11 heteroatoms. The number of aromatic nitrogens is 2. The van der Waals surface area contributed by atoms with Gasteiger partial charge >= 0.3 is 6.18 Å². The number of alkyl halides is 3. The summed E-state index contributed by atoms with van der Waals surface area (Å²) < 4.78 is 43.2. The SMILES string of the molecule is CCNC(=NCc1ccnc(OCC(F)(F)F)c1)NCc1cc(Cl)c(Cl)n1C. The van der Waals surface area contributed by atoms with Crippen molar-refractivity contribution in [3.63, 3.8) is 0 Å². The van der Waals surface area contributed by atoms with E-state index in [-0.39, 0.29) is 12.4 Å². The molecule has 2 aromatic rings. The number of hydrogen-bond acceptors (Lipinski definition) is 3. The van der Waals surface area contributed by atoms with Crippen LogP contribution in [-0.2, 0) is 20.1 Å². The van der Waals surface area contributed by atoms with Gasteiger partial charge in [-0.25, -0.2) is 9.98 Å². The van der Waals surface area contributed by atoms with Crippen molar-refractivity contribution in [2.75, 3.05) is 13.2 Å². The first-order chi connectivity index (χ1) is 13.2. The highest BCUT2D eigenvalue weighted by molar-refractivity contribution is 6.41. The van der Waals surface area contributed by atoms with E-state index in [1.54, 1.807) is 23.7 Å². The quantitative estimate of drug-likeness (QED) is 0.508. The molecule has 0 unspecified atom stereocenters. The maximum Gasteiger partial charge on any atom is 0.422 e. The summed E-state index contributed by atoms with van der Waals surface area (Å²) in [5, 5.41) is 7.16. The Morgan fingerprint density at radius 1 is 1.29 bits per heavy atom. The molecule has 0 aliphatic rings. The number of aliphatic imine (C=N–C) groups is 1. The van der Waals surface area contributed by atoms with Gasteiger partial charge in [-0.3, -0.25) is 0 Å². The first-order valence-electron chi connectivity index (χ1n) is 8.36. The van der Waals surface area contributed by atoms with Crippen LogP contribution >= 0.6 is 23.2 Å². The minimum absolute atomic E-state index is 0.101. The third-order valence-corrected chi connectivity index (χ3v) is 4.44. The monoisotopic (exact) mass is 437 g/mol. The maximum absolute atomic E-state index is 12.3. The molecule has 0 aliphatic heterocycles. The Labute approximate surface area is 170 Å². The predicted octanol–water partition coefficient (Wildman–Crippen LogP) is 3.92. The zero-order valence-corrected chi connectivity index (χ0v) is 16.8. The lowest BCUT2D eigenvalue weighted by Crippen LogP contribution is -2.37. The molecule has 0 amide bonds. The Balaban J connectivity index is 2.00. The van der Waals surface area contributed by atoms with Crippen LogP contribution in [0.5, 0.6) is 5.88 Å². The normalized spacial score (nSPS) is 12.2. The van der Waals surface area contributed by atoms with Gasteiger partial charge in [0.05, 0.1) is 18.1 Å². The minimum atomic E-state index is -4.42. The van der Waals surface area contributed by atoms with Crippen molar-refractivity contribution in [1.29, 1.82) is 0 Å². The van der Waals surface area contributed by atoms with Gasteiger partial charge in [-0.05, 0) is 24.6 Å². The van der Waals surface area contributed by atoms with Crippen LogP contribution in [0.3, 0.4) is 0 Å². The van der Waals surface area contributed by atoms with Crippen LogP contribution in [0, 0.1) is 0 Å². The van der Waals surface area contributed by atoms with Gasteiger partial charge in [0.25, 0.3) is 0 Å². The van der Waals surface area contributed by atoms with E-state index in [4.69, 9.17) is 23.2 Å². The molecule has 0 atom stereocenters. The molecule has 2 N–H and O–H groups in total. The molecule has 2 aromatic heterocycles. The van der Waals surface area contributed by atoms with Crippen molar-refractivity contribution >= 4 is 29.2 Å². The molecule has 0 saturated heterocycles. The summed E-state index contributed by atoms with van der Waals surface area (Å²) in [5.41, 5.74) is 1.53. The smallest absolute Gasteiger partial charge is 0.422 e. The lowest BCUT2D eigenvalue weighted by Gasteiger charge is -2.12. The fourth-order valence-electron chi connectivity index (χ4n) is 2.23. The number of nitrogens with zero attached hydrogens (tertiary/aromatic N) is 3. The highest BCUT2D eigenvalue weighted by Gasteiger charge is 2.28. The highest BCUT2D eigenvalue weighted by atomic mass is 35.5. The summed E-state index contributed by atoms with van der Waals surface area (Å²) in [4.78, 5) is 8.19. The zero-order chi connectivity index (χ0) is 20.7. The third kappa shape index (κ3) is 6.79. The predicted molar refractivity (Wildman–Crippen MR) is 103 cm³/mol. The number of rotatable bonds is 7. The highest BCUT2D eigenvalue weighted by Crippen LogP contribution is 2.25. The molecule has 0 aromatic carbocycles. The van der Waals surface area contributed by atoms with Gasteiger partial charge in [-0.2, -0.15) is 13.2 Å². The van der Waals surface area contributed by atoms with Crippen molar-refractivity contribution in [3.05, 3.63) is 45.8 Å². The van der Waals surface area contributed by atoms with Crippen LogP contribution in [0.2, 0.25) is 10.2 Å². The first kappa shape index (κ1) is 22.2. The van der Waals surface area contributed by atoms with Crippen LogP contribution < -0.4 is 15.4 Å². The van der Waals surface area contributed by atoms with Crippen molar-refractivity contribution in [2.45, 2.75) is 26.2 Å². The largest absolute Gasteiger partial charge is 0.468 e. The Morgan fingerprint density at radius 2 is 2.04 bits per heavy atom. The molecule has 0 aliphatic carbocycles. The molecule has 0 bridgehead atoms. The first-order valence-corrected chi connectivity index (χ1v) is 9.11. The van der Waals surface area contributed by atoms with Gasteiger partial charge in [-0.1, -0.05) is 23.2 Å². The van der Waals surface area contributed by atoms with Crippen LogP contribution in [0.15, 0.2) is 29.4 Å². The van der Waals surface area contributed by atoms with Gasteiger partial charge in [-0.15, -0.1) is 0 Å². The summed E-state index contributed by atoms with van der Waals surface area (Å²) in [5.74, 6) is 0.432. The standard InChI is InChI=1S/C17H20Cl2F3N5O/c1-3-23-16(26-9-12-7-13(18)15(19)27(12)2)25-8-11-4-5-24-14(6-11)28-10-17(20,21)22/h4-7H,3,8-10H2,1-2H3,(H2,23,25,26). The molecule has 0 fully saturated rings. The van der Waals surface area contributed by atoms with Crippen LogP contribution in [-0.4, -0.2) is 34.8 Å². The molecule has 6 nitrogen and oxygen atoms in total. The van der Waals surface area contributed by atoms with E-state index in [1.165, 1.54) is 12.3 Å². The molecule has 0 saturated carbocycles. The zero-order valence-electron chi connectivity index (χ0n) is 15.3. The Morgan fingerprint density at radius 3 is 2.64 bits per heavy atom. The molecule has 0 spiro atoms. The second-order valence-corrected chi connectivity index (χ2v) is 6.55. The third-order valence-electron chi connectivity index (χ3n) is 3.60. The Kier molecular flexibility index (Phi) is 7.82. The van der Waals surface area contributed by atoms with Crippen molar-refractivity contribution < 1.29 is 17.9 Å². The number of hydrogen-bond donors (Lipinski definition) is 2. The number of pyridine rings is 1. The fraction of sp³-hybridized carbons (Fsp3) is 0.412. The van der Waals surface area contributed by atoms with Crippen LogP contribution in [0.1, 0.15) is 18.2 Å². The summed E-state index contributed by atoms with van der Waals surface area (Å²) in [6, 6.07) is 4.84. The van der Waals surface area contributed by atoms with E-state index in [9.17, 15) is 13.2 Å². The molecule has 2 heterocycles. The van der Waals surface area contributed by atoms with Gasteiger partial charge < -0.3 is 19.9 Å². The van der Waals surface area contributed by atoms with Gasteiger partial charge in [0.1, 0.15) is 5.15 Å². The topological polar surface area (TPSA) is 63.5 Å². The maximum atomic E-state index is 12.3. The molecule has 154 valence electrons. The van der Waals surface area contributed by atoms with Crippen LogP contribution in [0.25, 0.3) is 0 Å². The lowest BCUT2D eigenvalue weighted by molar-refractivity contribution is -0.154. The average molecular weight is 438 g/mol. The number of nitrogens with one attached hydrogen (secondary N) is 2. The van der Waals surface area contributed by atoms with Gasteiger partial charge in [0.2, 0.25) is 5.88 Å². The Bertz CT molecular complexity index is 824. The summed E-state index contributed by atoms with van der Waals surface area (Å²) in [6.07, 6.45) is -3.04. The fourth-order valence-corrected chi connectivity index (χ4v) is 2.64. The number of ether oxygens (including phenoxy) is 1. The molecule has 0 radical (unpaired) electrons. The number of halogens is 5. The van der Waals surface area contributed by atoms with Gasteiger partial charge in [0, 0.05) is 31.5 Å². The minimum Gasteiger partial charge on any atom is -0.468 e. The van der Waals surface area contributed by atoms with Crippen LogP contribution in [0.4, 0.5) is 13.2 Å². The summed E-state index contributed by atoms with van der Waals surface area (Å²) >= 11 is 12.1.